The van der Waals surface area contributed by atoms with Crippen molar-refractivity contribution >= 4 is 17.9 Å². The van der Waals surface area contributed by atoms with Gasteiger partial charge >= 0.3 is 17.9 Å². The van der Waals surface area contributed by atoms with Crippen LogP contribution in [0.5, 0.6) is 0 Å². The van der Waals surface area contributed by atoms with E-state index in [1.54, 1.807) is 0 Å². The Hall–Kier alpha value is -1.43. The van der Waals surface area contributed by atoms with Crippen LogP contribution in [0, 0.1) is 0 Å². The fourth-order valence-corrected chi connectivity index (χ4v) is 0.469. The van der Waals surface area contributed by atoms with Crippen molar-refractivity contribution in [2.24, 2.45) is 5.73 Å². The summed E-state index contributed by atoms with van der Waals surface area (Å²) in [5, 5.41) is 8.25. The molecule has 0 aromatic heterocycles. The van der Waals surface area contributed by atoms with Crippen LogP contribution in [0.3, 0.4) is 0 Å². The zero-order valence-corrected chi connectivity index (χ0v) is 6.44. The van der Waals surface area contributed by atoms with Gasteiger partial charge in [-0.15, -0.1) is 0 Å². The Balaban J connectivity index is 3.85. The molecule has 1 atom stereocenters. The van der Waals surface area contributed by atoms with Gasteiger partial charge in [-0.1, -0.05) is 0 Å². The number of carbonyl (C=O) groups excluding carboxylic acids is 2. The molecule has 0 saturated heterocycles. The third-order valence-electron chi connectivity index (χ3n) is 0.961. The van der Waals surface area contributed by atoms with Crippen molar-refractivity contribution in [3.8, 4) is 0 Å². The molecular weight excluding hydrogens is 166 g/mol. The molecule has 0 aliphatic carbocycles. The Morgan fingerprint density at radius 1 is 1.50 bits per heavy atom. The second-order valence-corrected chi connectivity index (χ2v) is 2.11. The first kappa shape index (κ1) is 10.6. The number of nitrogens with two attached hydrogens (primary N) is 1. The third kappa shape index (κ3) is 4.40. The molecule has 0 bridgehead atoms. The zero-order valence-electron chi connectivity index (χ0n) is 6.44. The summed E-state index contributed by atoms with van der Waals surface area (Å²) in [4.78, 5) is 30.9. The molecular formula is C6H9NO5. The van der Waals surface area contributed by atoms with Gasteiger partial charge in [-0.25, -0.2) is 0 Å². The van der Waals surface area contributed by atoms with Crippen molar-refractivity contribution in [3.63, 3.8) is 0 Å². The quantitative estimate of drug-likeness (QED) is 0.415. The molecule has 0 aromatic rings. The molecule has 0 heterocycles. The molecule has 0 radical (unpaired) electrons. The minimum absolute atomic E-state index is 0.505. The van der Waals surface area contributed by atoms with Gasteiger partial charge in [0.25, 0.3) is 0 Å². The van der Waals surface area contributed by atoms with Crippen LogP contribution in [0.2, 0.25) is 0 Å². The van der Waals surface area contributed by atoms with E-state index in [-0.39, 0.29) is 0 Å². The molecule has 0 unspecified atom stereocenters. The highest BCUT2D eigenvalue weighted by molar-refractivity contribution is 5.87. The Morgan fingerprint density at radius 3 is 2.33 bits per heavy atom. The normalized spacial score (nSPS) is 11.8. The fraction of sp³-hybridized carbons (Fsp3) is 0.500. The molecule has 6 nitrogen and oxygen atoms in total. The van der Waals surface area contributed by atoms with Crippen LogP contribution in [-0.2, 0) is 19.1 Å². The van der Waals surface area contributed by atoms with Gasteiger partial charge in [0.15, 0.2) is 0 Å². The maximum Gasteiger partial charge on any atom is 0.321 e. The molecule has 3 N–H and O–H groups in total. The summed E-state index contributed by atoms with van der Waals surface area (Å²) >= 11 is 0. The van der Waals surface area contributed by atoms with Gasteiger partial charge < -0.3 is 15.6 Å². The molecule has 0 rings (SSSR count). The van der Waals surface area contributed by atoms with Crippen LogP contribution in [0.1, 0.15) is 13.3 Å². The van der Waals surface area contributed by atoms with E-state index in [1.165, 1.54) is 0 Å². The van der Waals surface area contributed by atoms with Crippen molar-refractivity contribution in [3.05, 3.63) is 0 Å². The first-order valence-corrected chi connectivity index (χ1v) is 3.13. The molecule has 0 fully saturated rings. The Bertz CT molecular complexity index is 212. The lowest BCUT2D eigenvalue weighted by Gasteiger charge is -2.03. The Morgan fingerprint density at radius 2 is 2.00 bits per heavy atom. The summed E-state index contributed by atoms with van der Waals surface area (Å²) in [7, 11) is 0. The number of ether oxygens (including phenoxy) is 1. The Kier molecular flexibility index (Phi) is 3.92. The van der Waals surface area contributed by atoms with Crippen LogP contribution >= 0.6 is 0 Å². The van der Waals surface area contributed by atoms with E-state index in [0.717, 1.165) is 6.92 Å². The number of aliphatic carboxylic acids is 1. The lowest BCUT2D eigenvalue weighted by atomic mass is 10.2. The molecule has 6 heteroatoms. The number of hydrogen-bond acceptors (Lipinski definition) is 5. The second-order valence-electron chi connectivity index (χ2n) is 2.11. The van der Waals surface area contributed by atoms with Gasteiger partial charge in [0.2, 0.25) is 0 Å². The number of carboxylic acid groups (broad SMARTS) is 1. The van der Waals surface area contributed by atoms with E-state index in [0.29, 0.717) is 0 Å². The van der Waals surface area contributed by atoms with E-state index in [4.69, 9.17) is 10.8 Å². The standard InChI is InChI=1S/C6H9NO5/c1-3(8)12-5(9)2-4(7)6(10)11/h4H,2,7H2,1H3,(H,10,11)/t4-/m1/s1. The van der Waals surface area contributed by atoms with Crippen molar-refractivity contribution in [2.75, 3.05) is 0 Å². The number of carbonyl (C=O) groups is 3. The summed E-state index contributed by atoms with van der Waals surface area (Å²) in [6.45, 7) is 1.05. The maximum absolute atomic E-state index is 10.6. The van der Waals surface area contributed by atoms with Gasteiger partial charge in [-0.05, 0) is 0 Å². The van der Waals surface area contributed by atoms with Crippen LogP contribution in [0.25, 0.3) is 0 Å². The number of hydrogen-bond donors (Lipinski definition) is 2. The molecule has 0 aromatic carbocycles. The summed E-state index contributed by atoms with van der Waals surface area (Å²) in [6.07, 6.45) is -0.505. The smallest absolute Gasteiger partial charge is 0.321 e. The monoisotopic (exact) mass is 175 g/mol. The van der Waals surface area contributed by atoms with Crippen LogP contribution in [0.15, 0.2) is 0 Å². The minimum Gasteiger partial charge on any atom is -0.480 e. The van der Waals surface area contributed by atoms with E-state index in [1.807, 2.05) is 0 Å². The second kappa shape index (κ2) is 4.45. The average Bonchev–Trinajstić information content (AvgIpc) is 1.84. The number of rotatable bonds is 3. The first-order chi connectivity index (χ1) is 5.43. The molecule has 0 spiro atoms. The predicted octanol–water partition coefficient (Wildman–Crippen LogP) is -1.12. The maximum atomic E-state index is 10.6. The van der Waals surface area contributed by atoms with Crippen molar-refractivity contribution < 1.29 is 24.2 Å². The summed E-state index contributed by atoms with van der Waals surface area (Å²) < 4.78 is 4.05. The lowest BCUT2D eigenvalue weighted by Crippen LogP contribution is -2.33. The van der Waals surface area contributed by atoms with Crippen molar-refractivity contribution in [1.82, 2.24) is 0 Å². The minimum atomic E-state index is -1.32. The van der Waals surface area contributed by atoms with Crippen molar-refractivity contribution in [1.29, 1.82) is 0 Å². The Labute approximate surface area is 68.3 Å². The van der Waals surface area contributed by atoms with Crippen LogP contribution in [-0.4, -0.2) is 29.1 Å². The molecule has 0 saturated carbocycles. The summed E-state index contributed by atoms with van der Waals surface area (Å²) in [5.74, 6) is -3.02. The van der Waals surface area contributed by atoms with E-state index >= 15 is 0 Å². The van der Waals surface area contributed by atoms with Gasteiger partial charge in [0.05, 0.1) is 6.42 Å². The lowest BCUT2D eigenvalue weighted by molar-refractivity contribution is -0.159. The van der Waals surface area contributed by atoms with Gasteiger partial charge in [0.1, 0.15) is 6.04 Å². The summed E-state index contributed by atoms with van der Waals surface area (Å²) in [6, 6.07) is -1.32. The largest absolute Gasteiger partial charge is 0.480 e. The van der Waals surface area contributed by atoms with E-state index in [2.05, 4.69) is 4.74 Å². The van der Waals surface area contributed by atoms with Gasteiger partial charge in [0, 0.05) is 6.92 Å². The van der Waals surface area contributed by atoms with E-state index in [9.17, 15) is 14.4 Å². The zero-order chi connectivity index (χ0) is 9.72. The SMILES string of the molecule is CC(=O)OC(=O)C[C@@H](N)C(=O)O. The first-order valence-electron chi connectivity index (χ1n) is 3.13. The van der Waals surface area contributed by atoms with Crippen LogP contribution in [0.4, 0.5) is 0 Å². The fourth-order valence-electron chi connectivity index (χ4n) is 0.469. The average molecular weight is 175 g/mol. The number of esters is 2. The molecule has 0 amide bonds. The van der Waals surface area contributed by atoms with E-state index < -0.39 is 30.4 Å². The molecule has 68 valence electrons. The topological polar surface area (TPSA) is 107 Å². The van der Waals surface area contributed by atoms with Gasteiger partial charge in [-0.2, -0.15) is 0 Å². The highest BCUT2D eigenvalue weighted by atomic mass is 16.6. The third-order valence-corrected chi connectivity index (χ3v) is 0.961. The van der Waals surface area contributed by atoms with Crippen LogP contribution < -0.4 is 5.73 Å². The molecule has 0 aliphatic rings. The highest BCUT2D eigenvalue weighted by Gasteiger charge is 2.18. The highest BCUT2D eigenvalue weighted by Crippen LogP contribution is 1.92. The molecule has 12 heavy (non-hydrogen) atoms. The van der Waals surface area contributed by atoms with Crippen molar-refractivity contribution in [2.45, 2.75) is 19.4 Å². The predicted molar refractivity (Wildman–Crippen MR) is 37.0 cm³/mol. The van der Waals surface area contributed by atoms with Gasteiger partial charge in [-0.3, -0.25) is 14.4 Å². The number of carboxylic acids is 1. The molecule has 0 aliphatic heterocycles. The summed E-state index contributed by atoms with van der Waals surface area (Å²) in [5.41, 5.74) is 4.98.